The summed E-state index contributed by atoms with van der Waals surface area (Å²) in [5.74, 6) is 0. The number of benzene rings is 1. The molecule has 0 saturated carbocycles. The minimum atomic E-state index is -0.0295. The Morgan fingerprint density at radius 1 is 1.38 bits per heavy atom. The largest absolute Gasteiger partial charge is 0.331 e. The molecule has 0 fully saturated rings. The summed E-state index contributed by atoms with van der Waals surface area (Å²) in [5, 5.41) is 0. The van der Waals surface area contributed by atoms with Gasteiger partial charge in [-0.2, -0.15) is 0 Å². The highest BCUT2D eigenvalue weighted by Gasteiger charge is 2.06. The highest BCUT2D eigenvalue weighted by atomic mass is 79.9. The Kier molecular flexibility index (Phi) is 2.05. The van der Waals surface area contributed by atoms with Gasteiger partial charge in [0.1, 0.15) is 0 Å². The van der Waals surface area contributed by atoms with Gasteiger partial charge in [-0.1, -0.05) is 15.9 Å². The third kappa shape index (κ3) is 1.25. The molecule has 1 unspecified atom stereocenters. The second kappa shape index (κ2) is 2.96. The molecule has 0 bridgehead atoms. The Bertz CT molecular complexity index is 529. The lowest BCUT2D eigenvalue weighted by molar-refractivity contribution is 0.878. The molecular weight excluding hydrogens is 251 g/mol. The van der Waals surface area contributed by atoms with Crippen molar-refractivity contribution in [3.8, 4) is 0 Å². The summed E-state index contributed by atoms with van der Waals surface area (Å²) >= 11 is 3.37. The summed E-state index contributed by atoms with van der Waals surface area (Å²) in [6, 6.07) is 5.76. The maximum absolute atomic E-state index is 11.5. The van der Waals surface area contributed by atoms with Crippen molar-refractivity contribution in [1.29, 1.82) is 0 Å². The van der Waals surface area contributed by atoms with Crippen molar-refractivity contribution in [3.63, 3.8) is 0 Å². The lowest BCUT2D eigenvalue weighted by Gasteiger charge is -1.94. The van der Waals surface area contributed by atoms with Crippen LogP contribution >= 0.6 is 25.3 Å². The predicted molar refractivity (Wildman–Crippen MR) is 60.0 cm³/mol. The number of imidazole rings is 1. The van der Waals surface area contributed by atoms with Crippen molar-refractivity contribution in [3.05, 3.63) is 33.2 Å². The first kappa shape index (κ1) is 8.97. The average molecular weight is 259 g/mol. The van der Waals surface area contributed by atoms with Gasteiger partial charge in [-0.05, 0) is 27.6 Å². The summed E-state index contributed by atoms with van der Waals surface area (Å²) in [6.45, 7) is 0. The van der Waals surface area contributed by atoms with Crippen LogP contribution in [0.5, 0.6) is 0 Å². The Morgan fingerprint density at radius 3 is 2.77 bits per heavy atom. The molecule has 3 nitrogen and oxygen atoms in total. The van der Waals surface area contributed by atoms with Gasteiger partial charge in [-0.3, -0.25) is 8.90 Å². The molecule has 2 aromatic rings. The Balaban J connectivity index is 3.04. The third-order valence-corrected chi connectivity index (χ3v) is 3.04. The van der Waals surface area contributed by atoms with Gasteiger partial charge in [0, 0.05) is 11.5 Å². The molecule has 0 radical (unpaired) electrons. The van der Waals surface area contributed by atoms with Crippen LogP contribution in [-0.4, -0.2) is 8.90 Å². The van der Waals surface area contributed by atoms with Gasteiger partial charge in [0.15, 0.2) is 0 Å². The molecule has 1 atom stereocenters. The van der Waals surface area contributed by atoms with E-state index in [-0.39, 0.29) is 5.69 Å². The van der Waals surface area contributed by atoms with Crippen LogP contribution in [0.25, 0.3) is 11.0 Å². The van der Waals surface area contributed by atoms with Crippen molar-refractivity contribution in [1.82, 2.24) is 8.90 Å². The molecule has 0 spiro atoms. The zero-order valence-electron chi connectivity index (χ0n) is 6.99. The van der Waals surface area contributed by atoms with E-state index in [0.717, 1.165) is 15.5 Å². The molecule has 0 aliphatic heterocycles. The minimum absolute atomic E-state index is 0.0295. The van der Waals surface area contributed by atoms with E-state index in [2.05, 4.69) is 25.3 Å². The fourth-order valence-electron chi connectivity index (χ4n) is 1.34. The molecule has 0 amide bonds. The first-order valence-corrected chi connectivity index (χ1v) is 5.04. The number of aromatic nitrogens is 2. The topological polar surface area (TPSA) is 26.9 Å². The van der Waals surface area contributed by atoms with Gasteiger partial charge < -0.3 is 0 Å². The summed E-state index contributed by atoms with van der Waals surface area (Å²) < 4.78 is 4.15. The van der Waals surface area contributed by atoms with E-state index in [1.807, 2.05) is 18.2 Å². The molecule has 5 heteroatoms. The maximum atomic E-state index is 11.5. The standard InChI is InChI=1S/C8H8BrN2OP/c1-10-7-4-5(9)2-3-6(7)11(13)8(10)12/h2-4H,13H2,1H3. The molecule has 0 saturated heterocycles. The molecule has 2 rings (SSSR count). The Morgan fingerprint density at radius 2 is 2.08 bits per heavy atom. The maximum Gasteiger partial charge on any atom is 0.331 e. The van der Waals surface area contributed by atoms with Crippen LogP contribution in [-0.2, 0) is 7.05 Å². The van der Waals surface area contributed by atoms with E-state index < -0.39 is 0 Å². The molecule has 0 aliphatic carbocycles. The lowest BCUT2D eigenvalue weighted by atomic mass is 10.3. The molecule has 13 heavy (non-hydrogen) atoms. The monoisotopic (exact) mass is 258 g/mol. The second-order valence-electron chi connectivity index (χ2n) is 2.84. The molecule has 68 valence electrons. The molecule has 0 aliphatic rings. The van der Waals surface area contributed by atoms with Gasteiger partial charge >= 0.3 is 5.69 Å². The first-order valence-electron chi connectivity index (χ1n) is 3.73. The highest BCUT2D eigenvalue weighted by Crippen LogP contribution is 2.19. The second-order valence-corrected chi connectivity index (χ2v) is 4.28. The molecule has 1 heterocycles. The number of hydrogen-bond donors (Lipinski definition) is 0. The highest BCUT2D eigenvalue weighted by molar-refractivity contribution is 9.10. The summed E-state index contributed by atoms with van der Waals surface area (Å²) in [7, 11) is 4.17. The van der Waals surface area contributed by atoms with E-state index >= 15 is 0 Å². The van der Waals surface area contributed by atoms with Crippen LogP contribution in [0.15, 0.2) is 27.5 Å². The summed E-state index contributed by atoms with van der Waals surface area (Å²) in [5.41, 5.74) is 1.81. The van der Waals surface area contributed by atoms with Crippen molar-refractivity contribution in [2.24, 2.45) is 7.05 Å². The van der Waals surface area contributed by atoms with E-state index in [1.54, 1.807) is 16.0 Å². The molecule has 0 N–H and O–H groups in total. The Labute approximate surface area is 85.7 Å². The smallest absolute Gasteiger partial charge is 0.295 e. The van der Waals surface area contributed by atoms with Crippen LogP contribution in [0.4, 0.5) is 0 Å². The number of nitrogens with zero attached hydrogens (tertiary/aromatic N) is 2. The van der Waals surface area contributed by atoms with Gasteiger partial charge in [0.2, 0.25) is 0 Å². The number of fused-ring (bicyclic) bond motifs is 1. The van der Waals surface area contributed by atoms with Gasteiger partial charge in [-0.15, -0.1) is 0 Å². The minimum Gasteiger partial charge on any atom is -0.295 e. The summed E-state index contributed by atoms with van der Waals surface area (Å²) in [4.78, 5) is 11.5. The van der Waals surface area contributed by atoms with Crippen molar-refractivity contribution in [2.45, 2.75) is 0 Å². The van der Waals surface area contributed by atoms with Crippen LogP contribution in [0, 0.1) is 0 Å². The van der Waals surface area contributed by atoms with Crippen LogP contribution < -0.4 is 5.69 Å². The lowest BCUT2D eigenvalue weighted by Crippen LogP contribution is -2.16. The number of hydrogen-bond acceptors (Lipinski definition) is 1. The Hall–Kier alpha value is -0.600. The zero-order chi connectivity index (χ0) is 9.59. The van der Waals surface area contributed by atoms with Crippen molar-refractivity contribution >= 4 is 36.4 Å². The van der Waals surface area contributed by atoms with E-state index in [1.165, 1.54) is 0 Å². The number of aryl methyl sites for hydroxylation is 1. The van der Waals surface area contributed by atoms with Crippen LogP contribution in [0.2, 0.25) is 0 Å². The predicted octanol–water partition coefficient (Wildman–Crippen LogP) is 1.74. The fourth-order valence-corrected chi connectivity index (χ4v) is 2.08. The van der Waals surface area contributed by atoms with Crippen molar-refractivity contribution in [2.75, 3.05) is 0 Å². The SMILES string of the molecule is Cn1c(=O)n(P)c2ccc(Br)cc21. The van der Waals surface area contributed by atoms with Gasteiger partial charge in [0.05, 0.1) is 11.0 Å². The summed E-state index contributed by atoms with van der Waals surface area (Å²) in [6.07, 6.45) is 0. The normalized spacial score (nSPS) is 11.0. The quantitative estimate of drug-likeness (QED) is 0.662. The van der Waals surface area contributed by atoms with Crippen LogP contribution in [0.3, 0.4) is 0 Å². The van der Waals surface area contributed by atoms with E-state index in [4.69, 9.17) is 0 Å². The van der Waals surface area contributed by atoms with E-state index in [0.29, 0.717) is 0 Å². The third-order valence-electron chi connectivity index (χ3n) is 2.05. The van der Waals surface area contributed by atoms with E-state index in [9.17, 15) is 4.79 Å². The van der Waals surface area contributed by atoms with Crippen molar-refractivity contribution < 1.29 is 0 Å². The number of halogens is 1. The molecule has 1 aromatic heterocycles. The molecule has 1 aromatic carbocycles. The number of rotatable bonds is 0. The zero-order valence-corrected chi connectivity index (χ0v) is 9.73. The van der Waals surface area contributed by atoms with Crippen LogP contribution in [0.1, 0.15) is 0 Å². The first-order chi connectivity index (χ1) is 6.11. The fraction of sp³-hybridized carbons (Fsp3) is 0.125. The average Bonchev–Trinajstić information content (AvgIpc) is 2.32. The van der Waals surface area contributed by atoms with Gasteiger partial charge in [-0.25, -0.2) is 4.79 Å². The molecular formula is C8H8BrN2OP. The van der Waals surface area contributed by atoms with Gasteiger partial charge in [0.25, 0.3) is 0 Å².